The summed E-state index contributed by atoms with van der Waals surface area (Å²) >= 11 is 2.28. The Labute approximate surface area is 160 Å². The predicted molar refractivity (Wildman–Crippen MR) is 103 cm³/mol. The van der Waals surface area contributed by atoms with E-state index in [9.17, 15) is 14.7 Å². The number of aromatic nitrogens is 1. The Morgan fingerprint density at radius 1 is 1.31 bits per heavy atom. The second-order valence-electron chi connectivity index (χ2n) is 5.86. The molecule has 2 amide bonds. The second kappa shape index (κ2) is 9.44. The van der Waals surface area contributed by atoms with Crippen molar-refractivity contribution in [3.8, 4) is 5.75 Å². The number of anilines is 1. The van der Waals surface area contributed by atoms with Gasteiger partial charge in [-0.3, -0.25) is 5.32 Å². The molecule has 0 unspecified atom stereocenters. The Kier molecular flexibility index (Phi) is 7.28. The molecule has 2 aromatic rings. The molecule has 140 valence electrons. The molecule has 1 aromatic carbocycles. The van der Waals surface area contributed by atoms with Gasteiger partial charge in [-0.25, -0.2) is 9.59 Å². The molecule has 7 nitrogen and oxygen atoms in total. The molecule has 3 N–H and O–H groups in total. The first-order chi connectivity index (χ1) is 12.4. The molecule has 0 fully saturated rings. The molecular formula is C17H21N3O4S2. The van der Waals surface area contributed by atoms with Crippen molar-refractivity contribution < 1.29 is 19.4 Å². The van der Waals surface area contributed by atoms with Gasteiger partial charge in [0.2, 0.25) is 0 Å². The zero-order chi connectivity index (χ0) is 19.1. The van der Waals surface area contributed by atoms with E-state index in [1.807, 2.05) is 38.1 Å². The van der Waals surface area contributed by atoms with Gasteiger partial charge in [-0.15, -0.1) is 0 Å². The number of rotatable bonds is 8. The summed E-state index contributed by atoms with van der Waals surface area (Å²) in [5.74, 6) is 0.511. The average Bonchev–Trinajstić information content (AvgIpc) is 3.01. The van der Waals surface area contributed by atoms with Crippen LogP contribution in [0.5, 0.6) is 5.75 Å². The number of carboxylic acids is 1. The SMILES string of the molecule is COc1ccc(CSc2nsc(NC(=O)NCC(C)C)c2C(=O)O)cc1. The van der Waals surface area contributed by atoms with E-state index in [0.29, 0.717) is 23.2 Å². The maximum Gasteiger partial charge on any atom is 0.341 e. The Morgan fingerprint density at radius 3 is 2.58 bits per heavy atom. The predicted octanol–water partition coefficient (Wildman–Crippen LogP) is 3.92. The molecule has 0 saturated heterocycles. The van der Waals surface area contributed by atoms with E-state index in [-0.39, 0.29) is 10.6 Å². The summed E-state index contributed by atoms with van der Waals surface area (Å²) in [4.78, 5) is 23.5. The van der Waals surface area contributed by atoms with Crippen LogP contribution < -0.4 is 15.4 Å². The number of carbonyl (C=O) groups is 2. The monoisotopic (exact) mass is 395 g/mol. The van der Waals surface area contributed by atoms with Crippen molar-refractivity contribution >= 4 is 40.3 Å². The van der Waals surface area contributed by atoms with Crippen molar-refractivity contribution in [1.82, 2.24) is 9.69 Å². The minimum atomic E-state index is -1.12. The fraction of sp³-hybridized carbons (Fsp3) is 0.353. The fourth-order valence-corrected chi connectivity index (χ4v) is 3.86. The lowest BCUT2D eigenvalue weighted by Crippen LogP contribution is -2.31. The number of nitrogens with zero attached hydrogens (tertiary/aromatic N) is 1. The lowest BCUT2D eigenvalue weighted by molar-refractivity contribution is 0.0694. The third-order valence-corrected chi connectivity index (χ3v) is 5.23. The molecule has 0 radical (unpaired) electrons. The summed E-state index contributed by atoms with van der Waals surface area (Å²) in [5.41, 5.74) is 1.04. The molecule has 2 rings (SSSR count). The van der Waals surface area contributed by atoms with Gasteiger partial charge < -0.3 is 15.2 Å². The third-order valence-electron chi connectivity index (χ3n) is 3.31. The largest absolute Gasteiger partial charge is 0.497 e. The molecule has 26 heavy (non-hydrogen) atoms. The first-order valence-electron chi connectivity index (χ1n) is 7.94. The normalized spacial score (nSPS) is 10.6. The summed E-state index contributed by atoms with van der Waals surface area (Å²) in [6, 6.07) is 7.09. The van der Waals surface area contributed by atoms with E-state index in [1.54, 1.807) is 7.11 Å². The standard InChI is InChI=1S/C17H21N3O4S2/c1-10(2)8-18-17(23)19-14-13(16(21)22)15(20-26-14)25-9-11-4-6-12(24-3)7-5-11/h4-7,10H,8-9H2,1-3H3,(H,21,22)(H2,18,19,23). The summed E-state index contributed by atoms with van der Waals surface area (Å²) in [5, 5.41) is 15.4. The van der Waals surface area contributed by atoms with Gasteiger partial charge in [0, 0.05) is 12.3 Å². The van der Waals surface area contributed by atoms with E-state index in [2.05, 4.69) is 15.0 Å². The van der Waals surface area contributed by atoms with Gasteiger partial charge in [0.1, 0.15) is 21.3 Å². The molecule has 0 bridgehead atoms. The first kappa shape index (κ1) is 20.1. The average molecular weight is 396 g/mol. The van der Waals surface area contributed by atoms with Gasteiger partial charge in [0.25, 0.3) is 0 Å². The Morgan fingerprint density at radius 2 is 2.00 bits per heavy atom. The smallest absolute Gasteiger partial charge is 0.341 e. The fourth-order valence-electron chi connectivity index (χ4n) is 1.97. The topological polar surface area (TPSA) is 101 Å². The minimum Gasteiger partial charge on any atom is -0.497 e. The van der Waals surface area contributed by atoms with E-state index >= 15 is 0 Å². The van der Waals surface area contributed by atoms with Crippen molar-refractivity contribution in [3.05, 3.63) is 35.4 Å². The van der Waals surface area contributed by atoms with Crippen molar-refractivity contribution in [2.75, 3.05) is 19.0 Å². The second-order valence-corrected chi connectivity index (χ2v) is 7.60. The highest BCUT2D eigenvalue weighted by Crippen LogP contribution is 2.33. The van der Waals surface area contributed by atoms with Crippen molar-refractivity contribution in [3.63, 3.8) is 0 Å². The molecule has 9 heteroatoms. The van der Waals surface area contributed by atoms with Crippen LogP contribution in [0.4, 0.5) is 9.80 Å². The number of amides is 2. The quantitative estimate of drug-likeness (QED) is 0.586. The van der Waals surface area contributed by atoms with Crippen molar-refractivity contribution in [2.45, 2.75) is 24.6 Å². The molecule has 0 aliphatic rings. The molecule has 0 saturated carbocycles. The number of urea groups is 1. The number of hydrogen-bond donors (Lipinski definition) is 3. The summed E-state index contributed by atoms with van der Waals surface area (Å²) in [6.45, 7) is 4.46. The van der Waals surface area contributed by atoms with Crippen LogP contribution in [0.1, 0.15) is 29.8 Å². The highest BCUT2D eigenvalue weighted by molar-refractivity contribution is 7.98. The first-order valence-corrected chi connectivity index (χ1v) is 9.70. The van der Waals surface area contributed by atoms with Gasteiger partial charge in [0.05, 0.1) is 7.11 Å². The summed E-state index contributed by atoms with van der Waals surface area (Å²) in [6.07, 6.45) is 0. The number of methoxy groups -OCH3 is 1. The number of thioether (sulfide) groups is 1. The molecule has 0 aliphatic heterocycles. The third kappa shape index (κ3) is 5.63. The van der Waals surface area contributed by atoms with Crippen LogP contribution in [0.2, 0.25) is 0 Å². The lowest BCUT2D eigenvalue weighted by atomic mass is 10.2. The lowest BCUT2D eigenvalue weighted by Gasteiger charge is -2.08. The van der Waals surface area contributed by atoms with Gasteiger partial charge in [0.15, 0.2) is 0 Å². The summed E-state index contributed by atoms with van der Waals surface area (Å²) < 4.78 is 9.31. The van der Waals surface area contributed by atoms with Crippen LogP contribution in [-0.4, -0.2) is 35.1 Å². The molecular weight excluding hydrogens is 374 g/mol. The molecule has 1 aromatic heterocycles. The van der Waals surface area contributed by atoms with E-state index in [1.165, 1.54) is 11.8 Å². The summed E-state index contributed by atoms with van der Waals surface area (Å²) in [7, 11) is 1.60. The highest BCUT2D eigenvalue weighted by atomic mass is 32.2. The van der Waals surface area contributed by atoms with Crippen LogP contribution in [-0.2, 0) is 5.75 Å². The van der Waals surface area contributed by atoms with Crippen molar-refractivity contribution in [1.29, 1.82) is 0 Å². The van der Waals surface area contributed by atoms with E-state index in [0.717, 1.165) is 22.8 Å². The number of nitrogens with one attached hydrogen (secondary N) is 2. The van der Waals surface area contributed by atoms with E-state index in [4.69, 9.17) is 4.74 Å². The van der Waals surface area contributed by atoms with Gasteiger partial charge in [-0.05, 0) is 35.1 Å². The van der Waals surface area contributed by atoms with E-state index < -0.39 is 12.0 Å². The zero-order valence-corrected chi connectivity index (χ0v) is 16.4. The highest BCUT2D eigenvalue weighted by Gasteiger charge is 2.22. The number of benzene rings is 1. The molecule has 0 spiro atoms. The van der Waals surface area contributed by atoms with Crippen LogP contribution in [0.3, 0.4) is 0 Å². The maximum atomic E-state index is 11.9. The number of carbonyl (C=O) groups excluding carboxylic acids is 1. The maximum absolute atomic E-state index is 11.9. The Balaban J connectivity index is 2.05. The Bertz CT molecular complexity index is 760. The van der Waals surface area contributed by atoms with Crippen LogP contribution >= 0.6 is 23.3 Å². The number of ether oxygens (including phenoxy) is 1. The van der Waals surface area contributed by atoms with Gasteiger partial charge >= 0.3 is 12.0 Å². The van der Waals surface area contributed by atoms with Crippen molar-refractivity contribution in [2.24, 2.45) is 5.92 Å². The van der Waals surface area contributed by atoms with Gasteiger partial charge in [-0.2, -0.15) is 4.37 Å². The van der Waals surface area contributed by atoms with Crippen LogP contribution in [0.15, 0.2) is 29.3 Å². The molecule has 0 aliphatic carbocycles. The number of carboxylic acid groups (broad SMARTS) is 1. The zero-order valence-electron chi connectivity index (χ0n) is 14.7. The minimum absolute atomic E-state index is 0.0215. The number of hydrogen-bond acceptors (Lipinski definition) is 6. The molecule has 0 atom stereocenters. The Hall–Kier alpha value is -2.26. The molecule has 1 heterocycles. The number of aromatic carboxylic acids is 1. The van der Waals surface area contributed by atoms with Crippen LogP contribution in [0.25, 0.3) is 0 Å². The van der Waals surface area contributed by atoms with Crippen LogP contribution in [0, 0.1) is 5.92 Å². The van der Waals surface area contributed by atoms with Gasteiger partial charge in [-0.1, -0.05) is 37.7 Å².